The number of oxazole rings is 1. The Bertz CT molecular complexity index is 465. The molecule has 3 heterocycles. The van der Waals surface area contributed by atoms with E-state index >= 15 is 0 Å². The van der Waals surface area contributed by atoms with Crippen molar-refractivity contribution in [3.8, 4) is 0 Å². The molecule has 1 amide bonds. The van der Waals surface area contributed by atoms with Gasteiger partial charge in [-0.3, -0.25) is 4.79 Å². The molecule has 110 valence electrons. The number of amides is 1. The van der Waals surface area contributed by atoms with Gasteiger partial charge in [-0.2, -0.15) is 0 Å². The van der Waals surface area contributed by atoms with Crippen molar-refractivity contribution >= 4 is 5.91 Å². The molecule has 1 aromatic rings. The van der Waals surface area contributed by atoms with E-state index in [0.717, 1.165) is 51.2 Å². The molecule has 20 heavy (non-hydrogen) atoms. The van der Waals surface area contributed by atoms with Crippen LogP contribution in [0.5, 0.6) is 0 Å². The van der Waals surface area contributed by atoms with Gasteiger partial charge in [-0.25, -0.2) is 4.98 Å². The van der Waals surface area contributed by atoms with E-state index < -0.39 is 0 Å². The molecule has 2 fully saturated rings. The first-order valence-electron chi connectivity index (χ1n) is 7.73. The smallest absolute Gasteiger partial charge is 0.276 e. The Labute approximate surface area is 119 Å². The molecule has 0 saturated carbocycles. The zero-order chi connectivity index (χ0) is 13.9. The van der Waals surface area contributed by atoms with Gasteiger partial charge in [0.1, 0.15) is 6.26 Å². The average molecular weight is 277 g/mol. The molecule has 2 saturated heterocycles. The third-order valence-electron chi connectivity index (χ3n) is 4.49. The number of hydrogen-bond acceptors (Lipinski definition) is 4. The van der Waals surface area contributed by atoms with E-state index in [1.54, 1.807) is 6.26 Å². The summed E-state index contributed by atoms with van der Waals surface area (Å²) < 4.78 is 5.56. The van der Waals surface area contributed by atoms with Gasteiger partial charge in [0.2, 0.25) is 0 Å². The maximum atomic E-state index is 12.5. The van der Waals surface area contributed by atoms with Crippen LogP contribution in [0.25, 0.3) is 0 Å². The summed E-state index contributed by atoms with van der Waals surface area (Å²) in [5, 5.41) is 3.33. The first-order valence-corrected chi connectivity index (χ1v) is 7.73. The highest BCUT2D eigenvalue weighted by atomic mass is 16.3. The SMILES string of the molecule is CC1CCCCN1C(=O)c1coc(C2CCNCC2)n1. The largest absolute Gasteiger partial charge is 0.448 e. The summed E-state index contributed by atoms with van der Waals surface area (Å²) in [6.45, 7) is 4.96. The predicted octanol–water partition coefficient (Wildman–Crippen LogP) is 2.16. The topological polar surface area (TPSA) is 58.4 Å². The number of likely N-dealkylation sites (tertiary alicyclic amines) is 1. The minimum Gasteiger partial charge on any atom is -0.448 e. The van der Waals surface area contributed by atoms with Crippen LogP contribution in [-0.4, -0.2) is 41.5 Å². The molecule has 0 bridgehead atoms. The molecule has 0 aromatic carbocycles. The summed E-state index contributed by atoms with van der Waals surface area (Å²) in [4.78, 5) is 18.9. The first kappa shape index (κ1) is 13.6. The predicted molar refractivity (Wildman–Crippen MR) is 75.7 cm³/mol. The van der Waals surface area contributed by atoms with Crippen LogP contribution in [0.3, 0.4) is 0 Å². The van der Waals surface area contributed by atoms with Crippen LogP contribution in [0, 0.1) is 0 Å². The number of rotatable bonds is 2. The fourth-order valence-corrected chi connectivity index (χ4v) is 3.19. The van der Waals surface area contributed by atoms with Gasteiger partial charge in [-0.05, 0) is 52.1 Å². The van der Waals surface area contributed by atoms with Crippen molar-refractivity contribution in [2.45, 2.75) is 51.0 Å². The summed E-state index contributed by atoms with van der Waals surface area (Å²) in [6, 6.07) is 0.315. The van der Waals surface area contributed by atoms with Gasteiger partial charge in [-0.1, -0.05) is 0 Å². The minimum absolute atomic E-state index is 0.0288. The molecule has 2 aliphatic rings. The second-order valence-corrected chi connectivity index (χ2v) is 5.94. The van der Waals surface area contributed by atoms with Crippen LogP contribution in [0.4, 0.5) is 0 Å². The van der Waals surface area contributed by atoms with E-state index in [2.05, 4.69) is 17.2 Å². The van der Waals surface area contributed by atoms with E-state index in [1.807, 2.05) is 4.90 Å². The molecule has 1 atom stereocenters. The summed E-state index contributed by atoms with van der Waals surface area (Å²) in [5.74, 6) is 1.12. The van der Waals surface area contributed by atoms with Crippen LogP contribution in [-0.2, 0) is 0 Å². The van der Waals surface area contributed by atoms with Crippen LogP contribution < -0.4 is 5.32 Å². The van der Waals surface area contributed by atoms with Crippen molar-refractivity contribution in [1.29, 1.82) is 0 Å². The van der Waals surface area contributed by atoms with E-state index in [9.17, 15) is 4.79 Å². The van der Waals surface area contributed by atoms with Crippen molar-refractivity contribution in [2.24, 2.45) is 0 Å². The first-order chi connectivity index (χ1) is 9.75. The average Bonchev–Trinajstić information content (AvgIpc) is 2.98. The third-order valence-corrected chi connectivity index (χ3v) is 4.49. The van der Waals surface area contributed by atoms with Gasteiger partial charge >= 0.3 is 0 Å². The molecule has 0 spiro atoms. The van der Waals surface area contributed by atoms with Gasteiger partial charge in [0.25, 0.3) is 5.91 Å². The van der Waals surface area contributed by atoms with Crippen LogP contribution in [0.15, 0.2) is 10.7 Å². The molecular weight excluding hydrogens is 254 g/mol. The quantitative estimate of drug-likeness (QED) is 0.900. The molecule has 1 unspecified atom stereocenters. The molecule has 5 nitrogen and oxygen atoms in total. The highest BCUT2D eigenvalue weighted by Crippen LogP contribution is 2.25. The summed E-state index contributed by atoms with van der Waals surface area (Å²) in [5.41, 5.74) is 0.479. The van der Waals surface area contributed by atoms with Gasteiger partial charge in [-0.15, -0.1) is 0 Å². The van der Waals surface area contributed by atoms with Crippen LogP contribution in [0.1, 0.15) is 61.3 Å². The van der Waals surface area contributed by atoms with Crippen molar-refractivity contribution in [1.82, 2.24) is 15.2 Å². The lowest BCUT2D eigenvalue weighted by Gasteiger charge is -2.32. The monoisotopic (exact) mass is 277 g/mol. The van der Waals surface area contributed by atoms with E-state index in [-0.39, 0.29) is 5.91 Å². The summed E-state index contributed by atoms with van der Waals surface area (Å²) >= 11 is 0. The number of nitrogens with one attached hydrogen (secondary N) is 1. The fraction of sp³-hybridized carbons (Fsp3) is 0.733. The third kappa shape index (κ3) is 2.73. The summed E-state index contributed by atoms with van der Waals surface area (Å²) in [7, 11) is 0. The summed E-state index contributed by atoms with van der Waals surface area (Å²) in [6.07, 6.45) is 7.01. The second-order valence-electron chi connectivity index (χ2n) is 5.94. The molecule has 0 aliphatic carbocycles. The maximum Gasteiger partial charge on any atom is 0.276 e. The standard InChI is InChI=1S/C15H23N3O2/c1-11-4-2-3-9-18(11)15(19)13-10-20-14(17-13)12-5-7-16-8-6-12/h10-12,16H,2-9H2,1H3. The Morgan fingerprint density at radius 1 is 1.35 bits per heavy atom. The van der Waals surface area contributed by atoms with Gasteiger partial charge in [0, 0.05) is 18.5 Å². The van der Waals surface area contributed by atoms with Crippen LogP contribution in [0.2, 0.25) is 0 Å². The Hall–Kier alpha value is -1.36. The molecule has 3 rings (SSSR count). The van der Waals surface area contributed by atoms with Crippen LogP contribution >= 0.6 is 0 Å². The van der Waals surface area contributed by atoms with Crippen molar-refractivity contribution in [2.75, 3.05) is 19.6 Å². The Kier molecular flexibility index (Phi) is 4.05. The second kappa shape index (κ2) is 5.95. The maximum absolute atomic E-state index is 12.5. The highest BCUT2D eigenvalue weighted by molar-refractivity contribution is 5.92. The molecule has 2 aliphatic heterocycles. The van der Waals surface area contributed by atoms with Gasteiger partial charge < -0.3 is 14.6 Å². The van der Waals surface area contributed by atoms with E-state index in [1.165, 1.54) is 6.42 Å². The Morgan fingerprint density at radius 3 is 2.90 bits per heavy atom. The molecule has 1 aromatic heterocycles. The lowest BCUT2D eigenvalue weighted by molar-refractivity contribution is 0.0629. The minimum atomic E-state index is 0.0288. The zero-order valence-electron chi connectivity index (χ0n) is 12.1. The fourth-order valence-electron chi connectivity index (χ4n) is 3.19. The molecule has 0 radical (unpaired) electrons. The van der Waals surface area contributed by atoms with Crippen molar-refractivity contribution in [3.63, 3.8) is 0 Å². The number of nitrogens with zero attached hydrogens (tertiary/aromatic N) is 2. The lowest BCUT2D eigenvalue weighted by Crippen LogP contribution is -2.42. The molecular formula is C15H23N3O2. The van der Waals surface area contributed by atoms with Crippen molar-refractivity contribution in [3.05, 3.63) is 17.8 Å². The Morgan fingerprint density at radius 2 is 2.15 bits per heavy atom. The number of aromatic nitrogens is 1. The van der Waals surface area contributed by atoms with Gasteiger partial charge in [0.05, 0.1) is 0 Å². The van der Waals surface area contributed by atoms with Crippen molar-refractivity contribution < 1.29 is 9.21 Å². The van der Waals surface area contributed by atoms with Gasteiger partial charge in [0.15, 0.2) is 11.6 Å². The molecule has 5 heteroatoms. The Balaban J connectivity index is 1.70. The number of hydrogen-bond donors (Lipinski definition) is 1. The number of carbonyl (C=O) groups excluding carboxylic acids is 1. The normalized spacial score (nSPS) is 24.9. The zero-order valence-corrected chi connectivity index (χ0v) is 12.1. The number of carbonyl (C=O) groups is 1. The van der Waals surface area contributed by atoms with E-state index in [4.69, 9.17) is 4.42 Å². The van der Waals surface area contributed by atoms with E-state index in [0.29, 0.717) is 17.7 Å². The lowest BCUT2D eigenvalue weighted by atomic mass is 9.98. The molecule has 1 N–H and O–H groups in total. The number of piperidine rings is 2. The highest BCUT2D eigenvalue weighted by Gasteiger charge is 2.28.